The lowest BCUT2D eigenvalue weighted by Gasteiger charge is -2.37. The van der Waals surface area contributed by atoms with Gasteiger partial charge in [-0.05, 0) is 37.1 Å². The molecule has 4 rings (SSSR count). The molecule has 0 saturated carbocycles. The summed E-state index contributed by atoms with van der Waals surface area (Å²) in [7, 11) is -3.70. The van der Waals surface area contributed by atoms with Crippen molar-refractivity contribution in [2.75, 3.05) is 37.6 Å². The molecule has 0 bridgehead atoms. The zero-order chi connectivity index (χ0) is 21.1. The van der Waals surface area contributed by atoms with E-state index in [1.807, 2.05) is 4.90 Å². The SMILES string of the molecule is N#Cc1cccnc1N1CCN(C(=O)C2CCCN2S(=O)(=O)c2ccccc2)CC1. The molecule has 1 aromatic heterocycles. The Morgan fingerprint density at radius 1 is 1.03 bits per heavy atom. The molecular weight excluding hydrogens is 402 g/mol. The third kappa shape index (κ3) is 3.76. The Hall–Kier alpha value is -2.96. The number of rotatable bonds is 4. The maximum absolute atomic E-state index is 13.2. The number of sulfonamides is 1. The van der Waals surface area contributed by atoms with Crippen molar-refractivity contribution in [3.8, 4) is 6.07 Å². The Balaban J connectivity index is 1.46. The maximum Gasteiger partial charge on any atom is 0.243 e. The van der Waals surface area contributed by atoms with Crippen LogP contribution in [0.2, 0.25) is 0 Å². The molecule has 2 aliphatic heterocycles. The van der Waals surface area contributed by atoms with Gasteiger partial charge in [-0.25, -0.2) is 13.4 Å². The summed E-state index contributed by atoms with van der Waals surface area (Å²) < 4.78 is 27.4. The molecule has 1 atom stereocenters. The van der Waals surface area contributed by atoms with Gasteiger partial charge >= 0.3 is 0 Å². The van der Waals surface area contributed by atoms with Gasteiger partial charge in [-0.15, -0.1) is 0 Å². The van der Waals surface area contributed by atoms with Gasteiger partial charge in [-0.1, -0.05) is 18.2 Å². The highest BCUT2D eigenvalue weighted by atomic mass is 32.2. The number of hydrogen-bond donors (Lipinski definition) is 0. The van der Waals surface area contributed by atoms with E-state index in [0.29, 0.717) is 56.9 Å². The molecule has 1 unspecified atom stereocenters. The van der Waals surface area contributed by atoms with Crippen LogP contribution in [0.1, 0.15) is 18.4 Å². The summed E-state index contributed by atoms with van der Waals surface area (Å²) in [5.41, 5.74) is 0.508. The van der Waals surface area contributed by atoms with Gasteiger partial charge in [0.2, 0.25) is 15.9 Å². The molecule has 0 spiro atoms. The Bertz CT molecular complexity index is 1060. The van der Waals surface area contributed by atoms with Gasteiger partial charge in [0.25, 0.3) is 0 Å². The van der Waals surface area contributed by atoms with Gasteiger partial charge < -0.3 is 9.80 Å². The third-order valence-electron chi connectivity index (χ3n) is 5.64. The molecule has 30 heavy (non-hydrogen) atoms. The van der Waals surface area contributed by atoms with E-state index in [4.69, 9.17) is 0 Å². The molecule has 2 fully saturated rings. The average molecular weight is 426 g/mol. The Kier molecular flexibility index (Phi) is 5.70. The molecule has 2 saturated heterocycles. The highest BCUT2D eigenvalue weighted by Crippen LogP contribution is 2.28. The first kappa shape index (κ1) is 20.3. The van der Waals surface area contributed by atoms with E-state index < -0.39 is 16.1 Å². The van der Waals surface area contributed by atoms with Gasteiger partial charge in [0.1, 0.15) is 17.9 Å². The number of carbonyl (C=O) groups excluding carboxylic acids is 1. The van der Waals surface area contributed by atoms with Gasteiger partial charge in [-0.2, -0.15) is 9.57 Å². The van der Waals surface area contributed by atoms with Crippen molar-refractivity contribution < 1.29 is 13.2 Å². The van der Waals surface area contributed by atoms with Crippen LogP contribution in [0.15, 0.2) is 53.6 Å². The highest BCUT2D eigenvalue weighted by molar-refractivity contribution is 7.89. The number of nitriles is 1. The van der Waals surface area contributed by atoms with Crippen LogP contribution in [0.5, 0.6) is 0 Å². The number of nitrogens with zero attached hydrogens (tertiary/aromatic N) is 5. The van der Waals surface area contributed by atoms with Crippen LogP contribution in [0.4, 0.5) is 5.82 Å². The summed E-state index contributed by atoms with van der Waals surface area (Å²) in [5.74, 6) is 0.481. The summed E-state index contributed by atoms with van der Waals surface area (Å²) in [6.07, 6.45) is 2.85. The van der Waals surface area contributed by atoms with Crippen LogP contribution in [0.25, 0.3) is 0 Å². The Morgan fingerprint density at radius 3 is 2.47 bits per heavy atom. The number of pyridine rings is 1. The number of anilines is 1. The van der Waals surface area contributed by atoms with Gasteiger partial charge in [0, 0.05) is 38.9 Å². The normalized spacial score (nSPS) is 20.2. The second kappa shape index (κ2) is 8.42. The van der Waals surface area contributed by atoms with Crippen LogP contribution in [0.3, 0.4) is 0 Å². The predicted molar refractivity (Wildman–Crippen MR) is 111 cm³/mol. The van der Waals surface area contributed by atoms with Crippen molar-refractivity contribution in [2.45, 2.75) is 23.8 Å². The van der Waals surface area contributed by atoms with E-state index in [9.17, 15) is 18.5 Å². The van der Waals surface area contributed by atoms with E-state index in [2.05, 4.69) is 11.1 Å². The van der Waals surface area contributed by atoms with Crippen molar-refractivity contribution in [1.82, 2.24) is 14.2 Å². The highest BCUT2D eigenvalue weighted by Gasteiger charge is 2.41. The fraction of sp³-hybridized carbons (Fsp3) is 0.381. The molecule has 0 aliphatic carbocycles. The molecule has 2 aromatic rings. The number of piperazine rings is 1. The first-order valence-corrected chi connectivity index (χ1v) is 11.4. The van der Waals surface area contributed by atoms with E-state index >= 15 is 0 Å². The van der Waals surface area contributed by atoms with E-state index in [-0.39, 0.29) is 10.8 Å². The predicted octanol–water partition coefficient (Wildman–Crippen LogP) is 1.46. The van der Waals surface area contributed by atoms with Crippen LogP contribution in [-0.2, 0) is 14.8 Å². The molecule has 0 N–H and O–H groups in total. The summed E-state index contributed by atoms with van der Waals surface area (Å²) in [6, 6.07) is 13.2. The quantitative estimate of drug-likeness (QED) is 0.736. The largest absolute Gasteiger partial charge is 0.352 e. The van der Waals surface area contributed by atoms with Gasteiger partial charge in [-0.3, -0.25) is 4.79 Å². The van der Waals surface area contributed by atoms with Crippen molar-refractivity contribution in [1.29, 1.82) is 5.26 Å². The smallest absolute Gasteiger partial charge is 0.243 e. The maximum atomic E-state index is 13.2. The topological polar surface area (TPSA) is 97.6 Å². The van der Waals surface area contributed by atoms with E-state index in [0.717, 1.165) is 0 Å². The molecule has 0 radical (unpaired) electrons. The molecule has 8 nitrogen and oxygen atoms in total. The third-order valence-corrected chi connectivity index (χ3v) is 7.56. The summed E-state index contributed by atoms with van der Waals surface area (Å²) in [5, 5.41) is 9.29. The first-order valence-electron chi connectivity index (χ1n) is 9.98. The molecule has 3 heterocycles. The summed E-state index contributed by atoms with van der Waals surface area (Å²) in [4.78, 5) is 21.4. The van der Waals surface area contributed by atoms with E-state index in [1.54, 1.807) is 53.6 Å². The van der Waals surface area contributed by atoms with Gasteiger partial charge in [0.05, 0.1) is 10.5 Å². The second-order valence-corrected chi connectivity index (χ2v) is 9.28. The average Bonchev–Trinajstić information content (AvgIpc) is 3.30. The van der Waals surface area contributed by atoms with Crippen molar-refractivity contribution in [3.63, 3.8) is 0 Å². The molecular formula is C21H23N5O3S. The zero-order valence-corrected chi connectivity index (χ0v) is 17.3. The molecule has 156 valence electrons. The zero-order valence-electron chi connectivity index (χ0n) is 16.5. The lowest BCUT2D eigenvalue weighted by Crippen LogP contribution is -2.54. The van der Waals surface area contributed by atoms with Crippen molar-refractivity contribution in [2.24, 2.45) is 0 Å². The van der Waals surface area contributed by atoms with Crippen LogP contribution in [0, 0.1) is 11.3 Å². The minimum Gasteiger partial charge on any atom is -0.352 e. The number of amides is 1. The standard InChI is InChI=1S/C21H23N5O3S/c22-16-17-6-4-10-23-20(17)24-12-14-25(15-13-24)21(27)19-9-5-11-26(19)30(28,29)18-7-2-1-3-8-18/h1-4,6-8,10,19H,5,9,11-15H2. The van der Waals surface area contributed by atoms with Crippen molar-refractivity contribution >= 4 is 21.7 Å². The lowest BCUT2D eigenvalue weighted by atomic mass is 10.1. The molecule has 2 aliphatic rings. The fourth-order valence-electron chi connectivity index (χ4n) is 4.09. The van der Waals surface area contributed by atoms with Crippen LogP contribution < -0.4 is 4.90 Å². The fourth-order valence-corrected chi connectivity index (χ4v) is 5.76. The monoisotopic (exact) mass is 425 g/mol. The number of hydrogen-bond acceptors (Lipinski definition) is 6. The van der Waals surface area contributed by atoms with Crippen molar-refractivity contribution in [3.05, 3.63) is 54.2 Å². The summed E-state index contributed by atoms with van der Waals surface area (Å²) >= 11 is 0. The first-order chi connectivity index (χ1) is 14.5. The minimum atomic E-state index is -3.70. The molecule has 9 heteroatoms. The van der Waals surface area contributed by atoms with Crippen LogP contribution >= 0.6 is 0 Å². The number of aromatic nitrogens is 1. The van der Waals surface area contributed by atoms with Crippen LogP contribution in [-0.4, -0.2) is 67.3 Å². The number of benzene rings is 1. The molecule has 1 aromatic carbocycles. The number of carbonyl (C=O) groups is 1. The summed E-state index contributed by atoms with van der Waals surface area (Å²) in [6.45, 7) is 2.39. The lowest BCUT2D eigenvalue weighted by molar-refractivity contribution is -0.134. The molecule has 1 amide bonds. The Morgan fingerprint density at radius 2 is 1.77 bits per heavy atom. The Labute approximate surface area is 176 Å². The minimum absolute atomic E-state index is 0.145. The van der Waals surface area contributed by atoms with Gasteiger partial charge in [0.15, 0.2) is 0 Å². The second-order valence-electron chi connectivity index (χ2n) is 7.39. The van der Waals surface area contributed by atoms with E-state index in [1.165, 1.54) is 4.31 Å².